The van der Waals surface area contributed by atoms with Crippen LogP contribution in [0.2, 0.25) is 0 Å². The maximum Gasteiger partial charge on any atom is 0.115 e. The van der Waals surface area contributed by atoms with Gasteiger partial charge in [0.05, 0.1) is 6.10 Å². The minimum absolute atomic E-state index is 0.108. The number of aliphatic hydroxyl groups excluding tert-OH is 1. The summed E-state index contributed by atoms with van der Waals surface area (Å²) < 4.78 is 0. The van der Waals surface area contributed by atoms with Gasteiger partial charge >= 0.3 is 0 Å². The van der Waals surface area contributed by atoms with Crippen LogP contribution in [0.3, 0.4) is 0 Å². The van der Waals surface area contributed by atoms with E-state index in [0.29, 0.717) is 23.0 Å². The van der Waals surface area contributed by atoms with Gasteiger partial charge in [-0.15, -0.1) is 0 Å². The molecule has 0 bridgehead atoms. The van der Waals surface area contributed by atoms with Crippen molar-refractivity contribution in [3.63, 3.8) is 0 Å². The predicted molar refractivity (Wildman–Crippen MR) is 92.6 cm³/mol. The highest BCUT2D eigenvalue weighted by Gasteiger charge is 2.61. The maximum absolute atomic E-state index is 10.7. The quantitative estimate of drug-likeness (QED) is 0.824. The fraction of sp³-hybridized carbons (Fsp3) is 0.714. The summed E-state index contributed by atoms with van der Waals surface area (Å²) in [5, 5.41) is 20.5. The molecule has 23 heavy (non-hydrogen) atoms. The number of fused-ring (bicyclic) bond motifs is 5. The van der Waals surface area contributed by atoms with Crippen molar-refractivity contribution in [3.8, 4) is 5.75 Å². The molecule has 3 aliphatic carbocycles. The largest absolute Gasteiger partial charge is 0.508 e. The van der Waals surface area contributed by atoms with E-state index in [-0.39, 0.29) is 11.5 Å². The molecule has 2 fully saturated rings. The summed E-state index contributed by atoms with van der Waals surface area (Å²) in [5.74, 6) is 1.68. The predicted octanol–water partition coefficient (Wildman–Crippen LogP) is 4.78. The molecule has 0 radical (unpaired) electrons. The molecular formula is C21H30O2. The number of aromatic hydroxyl groups is 1. The molecule has 1 aromatic carbocycles. The Bertz CT molecular complexity index is 610. The number of hydrogen-bond donors (Lipinski definition) is 2. The SMILES string of the molecule is CCC[C@@]12CCc3cc(O)ccc3[C@H]1CC[C@]1(C)[C@H](O)CC[C@H]12. The van der Waals surface area contributed by atoms with E-state index in [4.69, 9.17) is 0 Å². The van der Waals surface area contributed by atoms with Gasteiger partial charge in [0.2, 0.25) is 0 Å². The van der Waals surface area contributed by atoms with Gasteiger partial charge in [-0.25, -0.2) is 0 Å². The number of aliphatic hydroxyl groups is 1. The van der Waals surface area contributed by atoms with Crippen LogP contribution in [0.5, 0.6) is 5.75 Å². The standard InChI is InChI=1S/C21H30O2/c1-3-10-21-12-8-14-13-15(22)4-5-16(14)17(21)9-11-20(2)18(21)6-7-19(20)23/h4-5,13,17-19,22-23H,3,6-12H2,1-2H3/t17-,18-,19-,20+,21-/m1/s1. The third-order valence-electron chi connectivity index (χ3n) is 7.72. The third kappa shape index (κ3) is 2.03. The van der Waals surface area contributed by atoms with E-state index in [1.165, 1.54) is 43.2 Å². The van der Waals surface area contributed by atoms with Gasteiger partial charge in [-0.05, 0) is 90.9 Å². The summed E-state index contributed by atoms with van der Waals surface area (Å²) in [7, 11) is 0. The molecule has 0 unspecified atom stereocenters. The van der Waals surface area contributed by atoms with Gasteiger partial charge in [0.1, 0.15) is 5.75 Å². The normalized spacial score (nSPS) is 42.0. The lowest BCUT2D eigenvalue weighted by Gasteiger charge is -2.58. The molecule has 3 aliphatic rings. The van der Waals surface area contributed by atoms with Crippen molar-refractivity contribution in [1.29, 1.82) is 0 Å². The molecule has 0 aliphatic heterocycles. The highest BCUT2D eigenvalue weighted by atomic mass is 16.3. The van der Waals surface area contributed by atoms with E-state index in [1.54, 1.807) is 0 Å². The van der Waals surface area contributed by atoms with E-state index >= 15 is 0 Å². The Morgan fingerprint density at radius 3 is 2.78 bits per heavy atom. The molecule has 4 rings (SSSR count). The zero-order chi connectivity index (χ0) is 16.2. The Balaban J connectivity index is 1.81. The fourth-order valence-corrected chi connectivity index (χ4v) is 6.76. The highest BCUT2D eigenvalue weighted by Crippen LogP contribution is 2.68. The molecule has 0 spiro atoms. The molecule has 0 amide bonds. The molecule has 126 valence electrons. The van der Waals surface area contributed by atoms with Crippen molar-refractivity contribution < 1.29 is 10.2 Å². The molecular weight excluding hydrogens is 284 g/mol. The monoisotopic (exact) mass is 314 g/mol. The maximum atomic E-state index is 10.7. The number of hydrogen-bond acceptors (Lipinski definition) is 2. The molecule has 2 heteroatoms. The first-order chi connectivity index (χ1) is 11.0. The lowest BCUT2D eigenvalue weighted by atomic mass is 9.46. The van der Waals surface area contributed by atoms with Crippen LogP contribution >= 0.6 is 0 Å². The van der Waals surface area contributed by atoms with E-state index < -0.39 is 0 Å². The Kier molecular flexibility index (Phi) is 3.53. The van der Waals surface area contributed by atoms with Crippen molar-refractivity contribution in [2.75, 3.05) is 0 Å². The summed E-state index contributed by atoms with van der Waals surface area (Å²) in [5.41, 5.74) is 3.35. The van der Waals surface area contributed by atoms with Crippen LogP contribution in [0, 0.1) is 16.7 Å². The van der Waals surface area contributed by atoms with Gasteiger partial charge in [0.25, 0.3) is 0 Å². The lowest BCUT2D eigenvalue weighted by molar-refractivity contribution is -0.0799. The molecule has 0 aromatic heterocycles. The first-order valence-corrected chi connectivity index (χ1v) is 9.51. The summed E-state index contributed by atoms with van der Waals surface area (Å²) >= 11 is 0. The highest BCUT2D eigenvalue weighted by molar-refractivity contribution is 5.41. The van der Waals surface area contributed by atoms with E-state index in [1.807, 2.05) is 12.1 Å². The van der Waals surface area contributed by atoms with Crippen LogP contribution in [-0.4, -0.2) is 16.3 Å². The summed E-state index contributed by atoms with van der Waals surface area (Å²) in [6.07, 6.45) is 9.25. The molecule has 2 N–H and O–H groups in total. The molecule has 0 saturated heterocycles. The second-order valence-corrected chi connectivity index (χ2v) is 8.61. The first-order valence-electron chi connectivity index (χ1n) is 9.51. The van der Waals surface area contributed by atoms with Gasteiger partial charge < -0.3 is 10.2 Å². The minimum atomic E-state index is -0.108. The average molecular weight is 314 g/mol. The van der Waals surface area contributed by atoms with Crippen molar-refractivity contribution in [2.45, 2.75) is 77.2 Å². The van der Waals surface area contributed by atoms with Crippen molar-refractivity contribution in [2.24, 2.45) is 16.7 Å². The summed E-state index contributed by atoms with van der Waals surface area (Å²) in [6.45, 7) is 4.67. The van der Waals surface area contributed by atoms with Crippen LogP contribution < -0.4 is 0 Å². The second kappa shape index (κ2) is 5.24. The van der Waals surface area contributed by atoms with E-state index in [2.05, 4.69) is 19.9 Å². The van der Waals surface area contributed by atoms with Gasteiger partial charge in [-0.1, -0.05) is 26.3 Å². The number of phenols is 1. The van der Waals surface area contributed by atoms with Crippen LogP contribution in [0.25, 0.3) is 0 Å². The summed E-state index contributed by atoms with van der Waals surface area (Å²) in [6, 6.07) is 6.05. The van der Waals surface area contributed by atoms with Gasteiger partial charge in [-0.2, -0.15) is 0 Å². The zero-order valence-electron chi connectivity index (χ0n) is 14.5. The minimum Gasteiger partial charge on any atom is -0.508 e. The molecule has 2 saturated carbocycles. The smallest absolute Gasteiger partial charge is 0.115 e. The first kappa shape index (κ1) is 15.5. The Labute approximate surface area is 139 Å². The Morgan fingerprint density at radius 1 is 1.17 bits per heavy atom. The molecule has 5 atom stereocenters. The Morgan fingerprint density at radius 2 is 2.00 bits per heavy atom. The van der Waals surface area contributed by atoms with Gasteiger partial charge in [0.15, 0.2) is 0 Å². The van der Waals surface area contributed by atoms with Crippen LogP contribution in [0.4, 0.5) is 0 Å². The Hall–Kier alpha value is -1.02. The number of aryl methyl sites for hydroxylation is 1. The van der Waals surface area contributed by atoms with Gasteiger partial charge in [0, 0.05) is 0 Å². The molecule has 2 nitrogen and oxygen atoms in total. The third-order valence-corrected chi connectivity index (χ3v) is 7.72. The van der Waals surface area contributed by atoms with Gasteiger partial charge in [-0.3, -0.25) is 0 Å². The molecule has 0 heterocycles. The molecule has 1 aromatic rings. The number of benzene rings is 1. The summed E-state index contributed by atoms with van der Waals surface area (Å²) in [4.78, 5) is 0. The average Bonchev–Trinajstić information content (AvgIpc) is 2.84. The van der Waals surface area contributed by atoms with E-state index in [9.17, 15) is 10.2 Å². The zero-order valence-corrected chi connectivity index (χ0v) is 14.5. The van der Waals surface area contributed by atoms with E-state index in [0.717, 1.165) is 19.3 Å². The van der Waals surface area contributed by atoms with Crippen molar-refractivity contribution in [1.82, 2.24) is 0 Å². The number of phenolic OH excluding ortho intramolecular Hbond substituents is 1. The van der Waals surface area contributed by atoms with Crippen molar-refractivity contribution >= 4 is 0 Å². The van der Waals surface area contributed by atoms with Crippen LogP contribution in [0.15, 0.2) is 18.2 Å². The lowest BCUT2D eigenvalue weighted by Crippen LogP contribution is -2.51. The fourth-order valence-electron chi connectivity index (χ4n) is 6.76. The van der Waals surface area contributed by atoms with Crippen molar-refractivity contribution in [3.05, 3.63) is 29.3 Å². The van der Waals surface area contributed by atoms with Crippen LogP contribution in [-0.2, 0) is 6.42 Å². The number of rotatable bonds is 2. The van der Waals surface area contributed by atoms with Crippen LogP contribution in [0.1, 0.15) is 75.8 Å². The topological polar surface area (TPSA) is 40.5 Å². The second-order valence-electron chi connectivity index (χ2n) is 8.61.